The highest BCUT2D eigenvalue weighted by atomic mass is 16.5. The summed E-state index contributed by atoms with van der Waals surface area (Å²) >= 11 is 0. The first-order valence-electron chi connectivity index (χ1n) is 4.30. The maximum atomic E-state index is 10.7. The second-order valence-corrected chi connectivity index (χ2v) is 2.93. The minimum Gasteiger partial charge on any atom is -0.466 e. The van der Waals surface area contributed by atoms with E-state index in [0.717, 1.165) is 19.6 Å². The molecule has 0 aromatic heterocycles. The second kappa shape index (κ2) is 4.93. The van der Waals surface area contributed by atoms with Gasteiger partial charge in [-0.1, -0.05) is 6.08 Å². The highest BCUT2D eigenvalue weighted by molar-refractivity contribution is 5.81. The van der Waals surface area contributed by atoms with Crippen LogP contribution in [0.15, 0.2) is 12.2 Å². The third-order valence-electron chi connectivity index (χ3n) is 2.02. The van der Waals surface area contributed by atoms with Gasteiger partial charge in [0.05, 0.1) is 7.11 Å². The van der Waals surface area contributed by atoms with Gasteiger partial charge in [0.2, 0.25) is 0 Å². The van der Waals surface area contributed by atoms with Crippen molar-refractivity contribution in [1.82, 2.24) is 4.90 Å². The Kier molecular flexibility index (Phi) is 3.80. The van der Waals surface area contributed by atoms with Crippen LogP contribution in [-0.2, 0) is 9.53 Å². The minimum atomic E-state index is -0.269. The van der Waals surface area contributed by atoms with Gasteiger partial charge in [-0.15, -0.1) is 0 Å². The summed E-state index contributed by atoms with van der Waals surface area (Å²) in [5.74, 6) is -0.269. The molecule has 0 unspecified atom stereocenters. The average molecular weight is 169 g/mol. The standard InChI is InChI=1S/C9H15NO2/c1-12-9(11)5-4-8-10-6-2-3-7-10/h4-5H,2-3,6-8H2,1H3. The van der Waals surface area contributed by atoms with Crippen molar-refractivity contribution in [1.29, 1.82) is 0 Å². The molecule has 1 fully saturated rings. The molecule has 0 radical (unpaired) electrons. The van der Waals surface area contributed by atoms with Gasteiger partial charge in [-0.3, -0.25) is 4.90 Å². The highest BCUT2D eigenvalue weighted by Gasteiger charge is 2.08. The fourth-order valence-electron chi connectivity index (χ4n) is 1.33. The van der Waals surface area contributed by atoms with Gasteiger partial charge in [0.15, 0.2) is 0 Å². The molecule has 1 rings (SSSR count). The normalized spacial score (nSPS) is 18.8. The smallest absolute Gasteiger partial charge is 0.330 e. The van der Waals surface area contributed by atoms with Crippen LogP contribution in [0.3, 0.4) is 0 Å². The molecule has 0 amide bonds. The largest absolute Gasteiger partial charge is 0.466 e. The summed E-state index contributed by atoms with van der Waals surface area (Å²) in [6.07, 6.45) is 5.91. The molecule has 3 heteroatoms. The van der Waals surface area contributed by atoms with Crippen LogP contribution in [0.25, 0.3) is 0 Å². The summed E-state index contributed by atoms with van der Waals surface area (Å²) in [6.45, 7) is 3.19. The van der Waals surface area contributed by atoms with E-state index < -0.39 is 0 Å². The van der Waals surface area contributed by atoms with Crippen molar-refractivity contribution in [2.45, 2.75) is 12.8 Å². The molecule has 1 aliphatic heterocycles. The summed E-state index contributed by atoms with van der Waals surface area (Å²) in [5, 5.41) is 0. The predicted octanol–water partition coefficient (Wildman–Crippen LogP) is 0.811. The molecule has 0 aromatic rings. The van der Waals surface area contributed by atoms with E-state index in [-0.39, 0.29) is 5.97 Å². The Morgan fingerprint density at radius 3 is 2.75 bits per heavy atom. The van der Waals surface area contributed by atoms with E-state index in [2.05, 4.69) is 9.64 Å². The van der Waals surface area contributed by atoms with Gasteiger partial charge < -0.3 is 4.74 Å². The molecule has 0 N–H and O–H groups in total. The quantitative estimate of drug-likeness (QED) is 0.462. The second-order valence-electron chi connectivity index (χ2n) is 2.93. The van der Waals surface area contributed by atoms with E-state index in [1.54, 1.807) is 0 Å². The van der Waals surface area contributed by atoms with E-state index in [1.165, 1.54) is 26.0 Å². The van der Waals surface area contributed by atoms with Crippen molar-refractivity contribution in [3.05, 3.63) is 12.2 Å². The minimum absolute atomic E-state index is 0.269. The lowest BCUT2D eigenvalue weighted by Crippen LogP contribution is -2.18. The van der Waals surface area contributed by atoms with Crippen LogP contribution in [-0.4, -0.2) is 37.6 Å². The van der Waals surface area contributed by atoms with E-state index >= 15 is 0 Å². The number of hydrogen-bond donors (Lipinski definition) is 0. The van der Waals surface area contributed by atoms with Gasteiger partial charge >= 0.3 is 5.97 Å². The van der Waals surface area contributed by atoms with Crippen molar-refractivity contribution in [3.8, 4) is 0 Å². The molecule has 0 aromatic carbocycles. The third kappa shape index (κ3) is 3.05. The zero-order valence-electron chi connectivity index (χ0n) is 7.45. The van der Waals surface area contributed by atoms with Crippen molar-refractivity contribution >= 4 is 5.97 Å². The topological polar surface area (TPSA) is 29.5 Å². The Labute approximate surface area is 73.0 Å². The lowest BCUT2D eigenvalue weighted by Gasteiger charge is -2.09. The predicted molar refractivity (Wildman–Crippen MR) is 46.8 cm³/mol. The summed E-state index contributed by atoms with van der Waals surface area (Å²) in [7, 11) is 1.39. The molecular weight excluding hydrogens is 154 g/mol. The van der Waals surface area contributed by atoms with Gasteiger partial charge in [-0.25, -0.2) is 4.79 Å². The SMILES string of the molecule is COC(=O)C=CCN1CCCC1. The number of methoxy groups -OCH3 is 1. The zero-order valence-corrected chi connectivity index (χ0v) is 7.45. The molecule has 1 aliphatic rings. The summed E-state index contributed by atoms with van der Waals surface area (Å²) in [6, 6.07) is 0. The van der Waals surface area contributed by atoms with Gasteiger partial charge in [-0.05, 0) is 25.9 Å². The first kappa shape index (κ1) is 9.26. The Bertz CT molecular complexity index is 171. The monoisotopic (exact) mass is 169 g/mol. The lowest BCUT2D eigenvalue weighted by atomic mass is 10.4. The molecule has 12 heavy (non-hydrogen) atoms. The number of carbonyl (C=O) groups excluding carboxylic acids is 1. The zero-order chi connectivity index (χ0) is 8.81. The number of rotatable bonds is 3. The van der Waals surface area contributed by atoms with E-state index in [0.29, 0.717) is 0 Å². The fourth-order valence-corrected chi connectivity index (χ4v) is 1.33. The molecule has 3 nitrogen and oxygen atoms in total. The van der Waals surface area contributed by atoms with Crippen molar-refractivity contribution < 1.29 is 9.53 Å². The maximum absolute atomic E-state index is 10.7. The number of esters is 1. The van der Waals surface area contributed by atoms with Crippen LogP contribution in [0.1, 0.15) is 12.8 Å². The Morgan fingerprint density at radius 2 is 2.17 bits per heavy atom. The highest BCUT2D eigenvalue weighted by Crippen LogP contribution is 2.06. The average Bonchev–Trinajstić information content (AvgIpc) is 2.57. The number of carbonyl (C=O) groups is 1. The van der Waals surface area contributed by atoms with Crippen LogP contribution in [0.4, 0.5) is 0 Å². The molecule has 1 saturated heterocycles. The number of nitrogens with zero attached hydrogens (tertiary/aromatic N) is 1. The number of ether oxygens (including phenoxy) is 1. The summed E-state index contributed by atoms with van der Waals surface area (Å²) in [5.41, 5.74) is 0. The third-order valence-corrected chi connectivity index (χ3v) is 2.02. The van der Waals surface area contributed by atoms with Crippen LogP contribution < -0.4 is 0 Å². The Morgan fingerprint density at radius 1 is 1.50 bits per heavy atom. The van der Waals surface area contributed by atoms with E-state index in [4.69, 9.17) is 0 Å². The molecule has 0 spiro atoms. The van der Waals surface area contributed by atoms with Gasteiger partial charge in [0.1, 0.15) is 0 Å². The van der Waals surface area contributed by atoms with Crippen molar-refractivity contribution in [2.75, 3.05) is 26.7 Å². The van der Waals surface area contributed by atoms with Gasteiger partial charge in [0, 0.05) is 12.6 Å². The lowest BCUT2D eigenvalue weighted by molar-refractivity contribution is -0.134. The van der Waals surface area contributed by atoms with Crippen molar-refractivity contribution in [2.24, 2.45) is 0 Å². The maximum Gasteiger partial charge on any atom is 0.330 e. The van der Waals surface area contributed by atoms with Gasteiger partial charge in [-0.2, -0.15) is 0 Å². The fraction of sp³-hybridized carbons (Fsp3) is 0.667. The molecule has 1 heterocycles. The Balaban J connectivity index is 2.15. The van der Waals surface area contributed by atoms with Crippen molar-refractivity contribution in [3.63, 3.8) is 0 Å². The van der Waals surface area contributed by atoms with E-state index in [1.807, 2.05) is 6.08 Å². The summed E-state index contributed by atoms with van der Waals surface area (Å²) in [4.78, 5) is 13.0. The Hall–Kier alpha value is -0.830. The molecule has 0 atom stereocenters. The molecule has 0 aliphatic carbocycles. The van der Waals surface area contributed by atoms with Crippen LogP contribution in [0, 0.1) is 0 Å². The van der Waals surface area contributed by atoms with Crippen LogP contribution in [0.5, 0.6) is 0 Å². The summed E-state index contributed by atoms with van der Waals surface area (Å²) < 4.78 is 4.47. The number of likely N-dealkylation sites (tertiary alicyclic amines) is 1. The molecule has 0 saturated carbocycles. The van der Waals surface area contributed by atoms with Crippen LogP contribution >= 0.6 is 0 Å². The molecular formula is C9H15NO2. The number of hydrogen-bond acceptors (Lipinski definition) is 3. The molecule has 0 bridgehead atoms. The first-order chi connectivity index (χ1) is 5.83. The van der Waals surface area contributed by atoms with Crippen LogP contribution in [0.2, 0.25) is 0 Å². The van der Waals surface area contributed by atoms with E-state index in [9.17, 15) is 4.79 Å². The first-order valence-corrected chi connectivity index (χ1v) is 4.30. The van der Waals surface area contributed by atoms with Gasteiger partial charge in [0.25, 0.3) is 0 Å². The molecule has 68 valence electrons.